The fourth-order valence-corrected chi connectivity index (χ4v) is 12.2. The Labute approximate surface area is 366 Å². The van der Waals surface area contributed by atoms with Crippen LogP contribution in [0.15, 0.2) is 36.5 Å². The molecule has 4 saturated carbocycles. The van der Waals surface area contributed by atoms with Crippen LogP contribution in [-0.4, -0.2) is 107 Å². The van der Waals surface area contributed by atoms with Gasteiger partial charge in [0.1, 0.15) is 22.8 Å². The monoisotopic (exact) mass is 857 g/mol. The van der Waals surface area contributed by atoms with Gasteiger partial charge in [0.2, 0.25) is 0 Å². The molecule has 0 saturated heterocycles. The van der Waals surface area contributed by atoms with E-state index >= 15 is 0 Å². The van der Waals surface area contributed by atoms with Crippen molar-refractivity contribution < 1.29 is 43.2 Å². The molecular weight excluding hydrogens is 791 g/mol. The molecule has 1 amide bonds. The third-order valence-electron chi connectivity index (χ3n) is 13.1. The first-order chi connectivity index (χ1) is 29.0. The normalized spacial score (nSPS) is 26.6. The molecule has 3 unspecified atom stereocenters. The summed E-state index contributed by atoms with van der Waals surface area (Å²) in [6.07, 6.45) is 8.08. The maximum absolute atomic E-state index is 14.1. The van der Waals surface area contributed by atoms with Crippen molar-refractivity contribution in [1.82, 2.24) is 19.7 Å². The van der Waals surface area contributed by atoms with E-state index in [0.29, 0.717) is 68.5 Å². The highest BCUT2D eigenvalue weighted by Gasteiger charge is 2.66. The van der Waals surface area contributed by atoms with Gasteiger partial charge in [-0.2, -0.15) is 5.10 Å². The van der Waals surface area contributed by atoms with Crippen LogP contribution < -0.4 is 9.64 Å². The third-order valence-corrected chi connectivity index (χ3v) is 13.1. The van der Waals surface area contributed by atoms with Gasteiger partial charge in [-0.05, 0) is 133 Å². The fraction of sp³-hybridized carbons (Fsp3) is 0.646. The van der Waals surface area contributed by atoms with Crippen molar-refractivity contribution in [1.29, 1.82) is 0 Å². The molecule has 3 heterocycles. The summed E-state index contributed by atoms with van der Waals surface area (Å²) >= 11 is 0. The van der Waals surface area contributed by atoms with Gasteiger partial charge in [0, 0.05) is 55.7 Å². The maximum atomic E-state index is 14.1. The van der Waals surface area contributed by atoms with E-state index in [9.17, 15) is 19.5 Å². The van der Waals surface area contributed by atoms with E-state index in [0.717, 1.165) is 55.3 Å². The summed E-state index contributed by atoms with van der Waals surface area (Å²) in [7, 11) is 3.21. The number of aliphatic carboxylic acids is 1. The highest BCUT2D eigenvalue weighted by molar-refractivity contribution is 5.96. The van der Waals surface area contributed by atoms with Crippen molar-refractivity contribution in [3.05, 3.63) is 59.0 Å². The summed E-state index contributed by atoms with van der Waals surface area (Å²) in [5.74, 6) is -0.599. The predicted molar refractivity (Wildman–Crippen MR) is 234 cm³/mol. The number of pyridine rings is 1. The molecule has 1 N–H and O–H groups in total. The lowest BCUT2D eigenvalue weighted by molar-refractivity contribution is -0.248. The SMILES string of the molecule is COCCN(CCOC12CC3(C)CC(C)(CC(Cn4ncc(-c5ccc(N6CCc7c(OC)cccc7C6C(=O)O)nc5C(=O)OC(C)(C)C)c4C)(C3)C1)C2)C(=O)OC(C)(C)C. The average molecular weight is 858 g/mol. The van der Waals surface area contributed by atoms with Crippen molar-refractivity contribution in [2.24, 2.45) is 16.2 Å². The summed E-state index contributed by atoms with van der Waals surface area (Å²) < 4.78 is 31.6. The molecule has 8 rings (SSSR count). The van der Waals surface area contributed by atoms with Crippen molar-refractivity contribution in [3.8, 4) is 16.9 Å². The summed E-state index contributed by atoms with van der Waals surface area (Å²) in [5, 5.41) is 15.5. The lowest BCUT2D eigenvalue weighted by Gasteiger charge is -2.69. The molecule has 1 aromatic carbocycles. The standard InChI is InChI=1S/C48H67N5O9/c1-31-35(33-15-16-37(50-38(33)41(56)61-43(2,3)4)52-18-17-32-34(39(52)40(54)55)13-12-14-36(32)59-11)23-49-53(31)30-47-25-45(8)24-46(9,26-47)28-48(27-45,29-47)60-22-20-51(19-21-58-10)42(57)62-44(5,6)7/h12-16,23,39H,17-22,24-30H2,1-11H3,(H,54,55). The number of methoxy groups -OCH3 is 2. The molecule has 4 aliphatic carbocycles. The molecule has 3 atom stereocenters. The van der Waals surface area contributed by atoms with Crippen LogP contribution in [0.4, 0.5) is 10.6 Å². The minimum absolute atomic E-state index is 0.0810. The van der Waals surface area contributed by atoms with Crippen molar-refractivity contribution >= 4 is 23.8 Å². The Morgan fingerprint density at radius 1 is 0.871 bits per heavy atom. The molecule has 1 aliphatic heterocycles. The van der Waals surface area contributed by atoms with Crippen LogP contribution in [0.3, 0.4) is 0 Å². The Hall–Kier alpha value is -4.69. The van der Waals surface area contributed by atoms with Crippen LogP contribution in [0.2, 0.25) is 0 Å². The number of hydrogen-bond acceptors (Lipinski definition) is 11. The van der Waals surface area contributed by atoms with Crippen LogP contribution in [0.1, 0.15) is 127 Å². The van der Waals surface area contributed by atoms with E-state index in [-0.39, 0.29) is 33.6 Å². The van der Waals surface area contributed by atoms with E-state index in [1.807, 2.05) is 72.9 Å². The molecule has 0 spiro atoms. The topological polar surface area (TPSA) is 155 Å². The highest BCUT2D eigenvalue weighted by Crippen LogP contribution is 2.72. The number of aromatic nitrogens is 3. The smallest absolute Gasteiger partial charge is 0.410 e. The maximum Gasteiger partial charge on any atom is 0.410 e. The van der Waals surface area contributed by atoms with Gasteiger partial charge in [-0.15, -0.1) is 0 Å². The summed E-state index contributed by atoms with van der Waals surface area (Å²) in [6.45, 7) is 20.6. The highest BCUT2D eigenvalue weighted by atomic mass is 16.6. The quantitative estimate of drug-likeness (QED) is 0.155. The number of amides is 1. The first-order valence-electron chi connectivity index (χ1n) is 22.0. The lowest BCUT2D eigenvalue weighted by Crippen LogP contribution is -2.64. The van der Waals surface area contributed by atoms with Gasteiger partial charge in [-0.1, -0.05) is 26.0 Å². The van der Waals surface area contributed by atoms with Gasteiger partial charge in [0.05, 0.1) is 32.1 Å². The van der Waals surface area contributed by atoms with Crippen LogP contribution in [0.5, 0.6) is 5.75 Å². The van der Waals surface area contributed by atoms with E-state index in [1.165, 1.54) is 0 Å². The van der Waals surface area contributed by atoms with E-state index in [1.54, 1.807) is 36.2 Å². The molecule has 0 radical (unpaired) electrons. The number of benzene rings is 1. The second-order valence-corrected chi connectivity index (χ2v) is 21.3. The van der Waals surface area contributed by atoms with Gasteiger partial charge in [0.25, 0.3) is 0 Å². The zero-order chi connectivity index (χ0) is 45.0. The van der Waals surface area contributed by atoms with E-state index < -0.39 is 29.2 Å². The Morgan fingerprint density at radius 2 is 1.55 bits per heavy atom. The van der Waals surface area contributed by atoms with Crippen LogP contribution in [-0.2, 0) is 36.7 Å². The molecule has 5 aliphatic rings. The van der Waals surface area contributed by atoms with Gasteiger partial charge in [0.15, 0.2) is 11.7 Å². The molecule has 62 heavy (non-hydrogen) atoms. The van der Waals surface area contributed by atoms with Gasteiger partial charge in [-0.25, -0.2) is 19.4 Å². The second kappa shape index (κ2) is 16.5. The van der Waals surface area contributed by atoms with Crippen molar-refractivity contribution in [2.45, 2.75) is 137 Å². The van der Waals surface area contributed by atoms with Crippen LogP contribution in [0, 0.1) is 23.2 Å². The minimum atomic E-state index is -1.03. The van der Waals surface area contributed by atoms with Crippen LogP contribution >= 0.6 is 0 Å². The first kappa shape index (κ1) is 45.3. The molecule has 2 aromatic heterocycles. The minimum Gasteiger partial charge on any atom is -0.496 e. The second-order valence-electron chi connectivity index (χ2n) is 21.3. The number of esters is 1. The number of anilines is 1. The predicted octanol–water partition coefficient (Wildman–Crippen LogP) is 8.43. The fourth-order valence-electron chi connectivity index (χ4n) is 12.2. The zero-order valence-electron chi connectivity index (χ0n) is 38.7. The summed E-state index contributed by atoms with van der Waals surface area (Å²) in [6, 6.07) is 8.06. The number of carboxylic acids is 1. The van der Waals surface area contributed by atoms with Gasteiger partial charge in [-0.3, -0.25) is 4.68 Å². The number of carboxylic acid groups (broad SMARTS) is 1. The number of ether oxygens (including phenoxy) is 5. The van der Waals surface area contributed by atoms with Gasteiger partial charge < -0.3 is 38.6 Å². The molecule has 4 bridgehead atoms. The molecule has 338 valence electrons. The molecule has 4 fully saturated rings. The number of carbonyl (C=O) groups excluding carboxylic acids is 2. The largest absolute Gasteiger partial charge is 0.496 e. The summed E-state index contributed by atoms with van der Waals surface area (Å²) in [4.78, 5) is 48.5. The van der Waals surface area contributed by atoms with Crippen molar-refractivity contribution in [2.75, 3.05) is 52.0 Å². The Balaban J connectivity index is 1.17. The lowest BCUT2D eigenvalue weighted by atomic mass is 9.39. The van der Waals surface area contributed by atoms with Crippen LogP contribution in [0.25, 0.3) is 11.1 Å². The summed E-state index contributed by atoms with van der Waals surface area (Å²) in [5.41, 5.74) is 2.19. The van der Waals surface area contributed by atoms with E-state index in [2.05, 4.69) is 18.5 Å². The van der Waals surface area contributed by atoms with E-state index in [4.69, 9.17) is 33.8 Å². The molecular formula is C48H67N5O9. The molecule has 14 nitrogen and oxygen atoms in total. The zero-order valence-corrected chi connectivity index (χ0v) is 38.7. The van der Waals surface area contributed by atoms with Crippen molar-refractivity contribution in [3.63, 3.8) is 0 Å². The number of hydrogen-bond donors (Lipinski definition) is 1. The number of nitrogens with zero attached hydrogens (tertiary/aromatic N) is 5. The first-order valence-corrected chi connectivity index (χ1v) is 22.0. The third kappa shape index (κ3) is 9.32. The Morgan fingerprint density at radius 3 is 2.18 bits per heavy atom. The molecule has 14 heteroatoms. The Bertz CT molecular complexity index is 2170. The number of rotatable bonds is 14. The average Bonchev–Trinajstić information content (AvgIpc) is 3.50. The Kier molecular flexibility index (Phi) is 12.0. The number of carbonyl (C=O) groups is 3. The number of fused-ring (bicyclic) bond motifs is 1. The van der Waals surface area contributed by atoms with Gasteiger partial charge >= 0.3 is 18.0 Å². The molecule has 3 aromatic rings.